The van der Waals surface area contributed by atoms with Crippen molar-refractivity contribution in [3.05, 3.63) is 0 Å². The van der Waals surface area contributed by atoms with Crippen LogP contribution in [0.15, 0.2) is 0 Å². The molecule has 4 fully saturated rings. The largest absolute Gasteiger partial charge is 0.393 e. The lowest BCUT2D eigenvalue weighted by atomic mass is 9.40. The molecule has 4 aliphatic carbocycles. The zero-order chi connectivity index (χ0) is 18.3. The smallest absolute Gasteiger partial charge is 0.0958 e. The average molecular weight is 351 g/mol. The van der Waals surface area contributed by atoms with E-state index in [0.717, 1.165) is 38.5 Å². The van der Waals surface area contributed by atoms with Gasteiger partial charge in [-0.05, 0) is 93.3 Å². The summed E-state index contributed by atoms with van der Waals surface area (Å²) < 4.78 is 0. The molecule has 0 aliphatic heterocycles. The van der Waals surface area contributed by atoms with E-state index in [1.807, 2.05) is 0 Å². The maximum absolute atomic E-state index is 11.3. The second-order valence-corrected chi connectivity index (χ2v) is 10.9. The Hall–Kier alpha value is -0.120. The summed E-state index contributed by atoms with van der Waals surface area (Å²) in [5.74, 6) is 1.94. The van der Waals surface area contributed by atoms with Crippen LogP contribution in [0.2, 0.25) is 0 Å². The SMILES string of the molecule is C[C@@H](O)[C@]1(O)CC[C@H]2[C@H]3CC[C@@]4(C)C[C@@H](O)CC[C@]4(C)[C@@H]3CC[C@@]21C. The lowest BCUT2D eigenvalue weighted by Gasteiger charge is -2.65. The van der Waals surface area contributed by atoms with E-state index in [9.17, 15) is 15.3 Å². The van der Waals surface area contributed by atoms with Gasteiger partial charge in [0.05, 0.1) is 17.8 Å². The van der Waals surface area contributed by atoms with E-state index in [1.165, 1.54) is 19.3 Å². The van der Waals surface area contributed by atoms with E-state index in [-0.39, 0.29) is 16.9 Å². The summed E-state index contributed by atoms with van der Waals surface area (Å²) in [5, 5.41) is 31.9. The Kier molecular flexibility index (Phi) is 3.98. The summed E-state index contributed by atoms with van der Waals surface area (Å²) >= 11 is 0. The third kappa shape index (κ3) is 2.15. The van der Waals surface area contributed by atoms with Gasteiger partial charge in [0.2, 0.25) is 0 Å². The fourth-order valence-electron chi connectivity index (χ4n) is 8.35. The third-order valence-electron chi connectivity index (χ3n) is 10.3. The van der Waals surface area contributed by atoms with Gasteiger partial charge in [-0.1, -0.05) is 20.8 Å². The number of aliphatic hydroxyl groups is 3. The fraction of sp³-hybridized carbons (Fsp3) is 1.00. The maximum Gasteiger partial charge on any atom is 0.0958 e. The maximum atomic E-state index is 11.3. The Morgan fingerprint density at radius 2 is 1.44 bits per heavy atom. The Labute approximate surface area is 153 Å². The van der Waals surface area contributed by atoms with Gasteiger partial charge in [0.25, 0.3) is 0 Å². The predicted molar refractivity (Wildman–Crippen MR) is 99.0 cm³/mol. The van der Waals surface area contributed by atoms with Crippen LogP contribution < -0.4 is 0 Å². The summed E-state index contributed by atoms with van der Waals surface area (Å²) in [6, 6.07) is 0. The van der Waals surface area contributed by atoms with Crippen molar-refractivity contribution in [3.8, 4) is 0 Å². The Balaban J connectivity index is 1.67. The third-order valence-corrected chi connectivity index (χ3v) is 10.3. The van der Waals surface area contributed by atoms with E-state index in [2.05, 4.69) is 20.8 Å². The average Bonchev–Trinajstić information content (AvgIpc) is 2.82. The second kappa shape index (κ2) is 5.45. The summed E-state index contributed by atoms with van der Waals surface area (Å²) in [6.45, 7) is 8.98. The van der Waals surface area contributed by atoms with Gasteiger partial charge in [-0.2, -0.15) is 0 Å². The highest BCUT2D eigenvalue weighted by Crippen LogP contribution is 2.71. The van der Waals surface area contributed by atoms with Crippen molar-refractivity contribution in [1.82, 2.24) is 0 Å². The number of hydrogen-bond donors (Lipinski definition) is 3. The molecule has 0 amide bonds. The van der Waals surface area contributed by atoms with Crippen LogP contribution in [0.1, 0.15) is 85.5 Å². The lowest BCUT2D eigenvalue weighted by Crippen LogP contribution is -2.61. The van der Waals surface area contributed by atoms with Gasteiger partial charge >= 0.3 is 0 Å². The molecule has 3 heteroatoms. The minimum absolute atomic E-state index is 0.115. The van der Waals surface area contributed by atoms with Crippen LogP contribution in [0.5, 0.6) is 0 Å². The summed E-state index contributed by atoms with van der Waals surface area (Å²) in [5.41, 5.74) is -0.464. The molecule has 4 saturated carbocycles. The van der Waals surface area contributed by atoms with Crippen LogP contribution in [0.3, 0.4) is 0 Å². The molecule has 0 aromatic heterocycles. The lowest BCUT2D eigenvalue weighted by molar-refractivity contribution is -0.203. The van der Waals surface area contributed by atoms with Gasteiger partial charge in [-0.25, -0.2) is 0 Å². The number of hydrogen-bond acceptors (Lipinski definition) is 3. The molecule has 3 N–H and O–H groups in total. The molecule has 4 aliphatic rings. The molecule has 3 nitrogen and oxygen atoms in total. The molecule has 0 spiro atoms. The van der Waals surface area contributed by atoms with Crippen LogP contribution in [0.25, 0.3) is 0 Å². The standard InChI is InChI=1S/C22H38O3/c1-14(23)22(25)12-8-18-16-6-9-19(2)13-15(24)5-10-20(19,3)17(16)7-11-21(18,22)4/h14-18,23-25H,5-13H2,1-4H3/t14-,15+,16+,17-,18+,19+,20-,21+,22-/m1/s1. The molecule has 0 aromatic rings. The van der Waals surface area contributed by atoms with Gasteiger partial charge in [0.1, 0.15) is 0 Å². The number of aliphatic hydroxyl groups excluding tert-OH is 2. The van der Waals surface area contributed by atoms with Crippen molar-refractivity contribution >= 4 is 0 Å². The van der Waals surface area contributed by atoms with Crippen LogP contribution in [-0.4, -0.2) is 33.1 Å². The van der Waals surface area contributed by atoms with Crippen LogP contribution in [-0.2, 0) is 0 Å². The first kappa shape index (κ1) is 18.3. The zero-order valence-corrected chi connectivity index (χ0v) is 16.6. The first-order chi connectivity index (χ1) is 11.6. The minimum Gasteiger partial charge on any atom is -0.393 e. The molecule has 4 rings (SSSR count). The molecule has 0 unspecified atom stereocenters. The Morgan fingerprint density at radius 3 is 2.12 bits per heavy atom. The van der Waals surface area contributed by atoms with Crippen molar-refractivity contribution in [3.63, 3.8) is 0 Å². The summed E-state index contributed by atoms with van der Waals surface area (Å²) in [6.07, 6.45) is 8.78. The van der Waals surface area contributed by atoms with E-state index in [1.54, 1.807) is 6.92 Å². The normalized spacial score (nSPS) is 59.6. The molecule has 0 bridgehead atoms. The quantitative estimate of drug-likeness (QED) is 0.672. The minimum atomic E-state index is -0.910. The molecule has 0 aromatic carbocycles. The van der Waals surface area contributed by atoms with Gasteiger partial charge in [0.15, 0.2) is 0 Å². The number of fused-ring (bicyclic) bond motifs is 5. The van der Waals surface area contributed by atoms with Crippen molar-refractivity contribution < 1.29 is 15.3 Å². The van der Waals surface area contributed by atoms with Crippen LogP contribution >= 0.6 is 0 Å². The first-order valence-electron chi connectivity index (χ1n) is 10.7. The molecular formula is C22H38O3. The van der Waals surface area contributed by atoms with Crippen molar-refractivity contribution in [2.45, 2.75) is 103 Å². The predicted octanol–water partition coefficient (Wildman–Crippen LogP) is 3.89. The molecular weight excluding hydrogens is 312 g/mol. The highest BCUT2D eigenvalue weighted by Gasteiger charge is 2.67. The van der Waals surface area contributed by atoms with Crippen molar-refractivity contribution in [1.29, 1.82) is 0 Å². The Morgan fingerprint density at radius 1 is 0.840 bits per heavy atom. The fourth-order valence-corrected chi connectivity index (χ4v) is 8.35. The second-order valence-electron chi connectivity index (χ2n) is 10.9. The first-order valence-corrected chi connectivity index (χ1v) is 10.7. The monoisotopic (exact) mass is 350 g/mol. The topological polar surface area (TPSA) is 60.7 Å². The van der Waals surface area contributed by atoms with E-state index < -0.39 is 11.7 Å². The van der Waals surface area contributed by atoms with Gasteiger partial charge in [-0.3, -0.25) is 0 Å². The van der Waals surface area contributed by atoms with Crippen LogP contribution in [0.4, 0.5) is 0 Å². The molecule has 9 atom stereocenters. The van der Waals surface area contributed by atoms with Gasteiger partial charge in [-0.15, -0.1) is 0 Å². The zero-order valence-electron chi connectivity index (χ0n) is 16.6. The van der Waals surface area contributed by atoms with Gasteiger partial charge in [0, 0.05) is 5.41 Å². The highest BCUT2D eigenvalue weighted by atomic mass is 16.3. The number of rotatable bonds is 1. The summed E-state index contributed by atoms with van der Waals surface area (Å²) in [4.78, 5) is 0. The molecule has 25 heavy (non-hydrogen) atoms. The Bertz CT molecular complexity index is 547. The van der Waals surface area contributed by atoms with Gasteiger partial charge < -0.3 is 15.3 Å². The van der Waals surface area contributed by atoms with Crippen molar-refractivity contribution in [2.24, 2.45) is 34.0 Å². The van der Waals surface area contributed by atoms with E-state index >= 15 is 0 Å². The highest BCUT2D eigenvalue weighted by molar-refractivity contribution is 5.16. The molecule has 0 heterocycles. The molecule has 0 radical (unpaired) electrons. The van der Waals surface area contributed by atoms with Crippen LogP contribution in [0, 0.1) is 34.0 Å². The van der Waals surface area contributed by atoms with Crippen molar-refractivity contribution in [2.75, 3.05) is 0 Å². The summed E-state index contributed by atoms with van der Waals surface area (Å²) in [7, 11) is 0. The molecule has 144 valence electrons. The van der Waals surface area contributed by atoms with E-state index in [4.69, 9.17) is 0 Å². The molecule has 0 saturated heterocycles. The van der Waals surface area contributed by atoms with E-state index in [0.29, 0.717) is 23.2 Å².